The van der Waals surface area contributed by atoms with Gasteiger partial charge in [0.25, 0.3) is 0 Å². The second kappa shape index (κ2) is 10.4. The Labute approximate surface area is 173 Å². The summed E-state index contributed by atoms with van der Waals surface area (Å²) in [6.45, 7) is 4.67. The molecule has 0 radical (unpaired) electrons. The molecule has 9 heteroatoms. The van der Waals surface area contributed by atoms with Crippen molar-refractivity contribution in [2.75, 3.05) is 44.7 Å². The molecule has 1 aromatic carbocycles. The molecule has 30 heavy (non-hydrogen) atoms. The van der Waals surface area contributed by atoms with Gasteiger partial charge >= 0.3 is 12.2 Å². The summed E-state index contributed by atoms with van der Waals surface area (Å²) in [4.78, 5) is 20.9. The number of hydrogen-bond acceptors (Lipinski definition) is 4. The quantitative estimate of drug-likeness (QED) is 0.736. The molecule has 3 rings (SSSR count). The van der Waals surface area contributed by atoms with Crippen LogP contribution in [0.3, 0.4) is 0 Å². The van der Waals surface area contributed by atoms with Gasteiger partial charge in [-0.25, -0.2) is 4.79 Å². The summed E-state index contributed by atoms with van der Waals surface area (Å²) in [5, 5.41) is 2.59. The highest BCUT2D eigenvalue weighted by molar-refractivity contribution is 5.89. The van der Waals surface area contributed by atoms with Crippen molar-refractivity contribution in [2.45, 2.75) is 19.1 Å². The van der Waals surface area contributed by atoms with E-state index in [0.717, 1.165) is 38.2 Å². The van der Waals surface area contributed by atoms with Crippen molar-refractivity contribution in [3.05, 3.63) is 59.9 Å². The van der Waals surface area contributed by atoms with Crippen LogP contribution in [0.1, 0.15) is 17.7 Å². The van der Waals surface area contributed by atoms with E-state index in [1.165, 1.54) is 12.1 Å². The molecule has 1 fully saturated rings. The van der Waals surface area contributed by atoms with Crippen molar-refractivity contribution in [3.8, 4) is 0 Å². The zero-order chi connectivity index (χ0) is 21.4. The molecule has 2 heterocycles. The normalized spacial score (nSPS) is 15.0. The summed E-state index contributed by atoms with van der Waals surface area (Å²) < 4.78 is 44.2. The molecule has 0 unspecified atom stereocenters. The van der Waals surface area contributed by atoms with Crippen molar-refractivity contribution in [1.29, 1.82) is 0 Å². The second-order valence-electron chi connectivity index (χ2n) is 7.06. The van der Waals surface area contributed by atoms with Crippen LogP contribution in [-0.2, 0) is 17.5 Å². The van der Waals surface area contributed by atoms with E-state index >= 15 is 0 Å². The molecule has 0 saturated carbocycles. The standard InChI is InChI=1S/C21H25F3N4O2/c22-21(23,24)17-5-3-7-18(15-17)26-20(29)28(16-19-6-1-2-8-25-19)10-4-9-27-11-13-30-14-12-27/h1-3,5-8,15H,4,9-14,16H2,(H,26,29). The fraction of sp³-hybridized carbons (Fsp3) is 0.429. The van der Waals surface area contributed by atoms with E-state index in [2.05, 4.69) is 15.2 Å². The average Bonchev–Trinajstić information content (AvgIpc) is 2.74. The molecule has 1 N–H and O–H groups in total. The lowest BCUT2D eigenvalue weighted by molar-refractivity contribution is -0.137. The molecule has 1 aromatic heterocycles. The summed E-state index contributed by atoms with van der Waals surface area (Å²) in [6, 6.07) is 9.61. The Kier molecular flexibility index (Phi) is 7.64. The number of halogens is 3. The number of ether oxygens (including phenoxy) is 1. The fourth-order valence-electron chi connectivity index (χ4n) is 3.23. The molecule has 2 amide bonds. The molecule has 2 aromatic rings. The lowest BCUT2D eigenvalue weighted by atomic mass is 10.2. The van der Waals surface area contributed by atoms with Crippen molar-refractivity contribution >= 4 is 11.7 Å². The van der Waals surface area contributed by atoms with Crippen LogP contribution in [0, 0.1) is 0 Å². The van der Waals surface area contributed by atoms with E-state index < -0.39 is 17.8 Å². The average molecular weight is 422 g/mol. The number of amides is 2. The Morgan fingerprint density at radius 1 is 1.17 bits per heavy atom. The minimum atomic E-state index is -4.47. The summed E-state index contributed by atoms with van der Waals surface area (Å²) in [7, 11) is 0. The second-order valence-corrected chi connectivity index (χ2v) is 7.06. The van der Waals surface area contributed by atoms with E-state index in [-0.39, 0.29) is 12.2 Å². The first-order chi connectivity index (χ1) is 14.4. The first-order valence-corrected chi connectivity index (χ1v) is 9.85. The Morgan fingerprint density at radius 2 is 1.97 bits per heavy atom. The fourth-order valence-corrected chi connectivity index (χ4v) is 3.23. The van der Waals surface area contributed by atoms with E-state index in [1.54, 1.807) is 17.2 Å². The lowest BCUT2D eigenvalue weighted by Gasteiger charge is -2.28. The number of pyridine rings is 1. The summed E-state index contributed by atoms with van der Waals surface area (Å²) >= 11 is 0. The van der Waals surface area contributed by atoms with Gasteiger partial charge in [0.2, 0.25) is 0 Å². The lowest BCUT2D eigenvalue weighted by Crippen LogP contribution is -2.40. The van der Waals surface area contributed by atoms with Gasteiger partial charge < -0.3 is 15.0 Å². The first kappa shape index (κ1) is 22.0. The maximum Gasteiger partial charge on any atom is 0.416 e. The van der Waals surface area contributed by atoms with Gasteiger partial charge in [-0.3, -0.25) is 9.88 Å². The zero-order valence-electron chi connectivity index (χ0n) is 16.6. The van der Waals surface area contributed by atoms with E-state index in [9.17, 15) is 18.0 Å². The first-order valence-electron chi connectivity index (χ1n) is 9.85. The highest BCUT2D eigenvalue weighted by Gasteiger charge is 2.30. The van der Waals surface area contributed by atoms with E-state index in [4.69, 9.17) is 4.74 Å². The number of nitrogens with zero attached hydrogens (tertiary/aromatic N) is 3. The molecule has 0 bridgehead atoms. The van der Waals surface area contributed by atoms with Gasteiger partial charge in [-0.15, -0.1) is 0 Å². The molecule has 162 valence electrons. The topological polar surface area (TPSA) is 57.7 Å². The number of benzene rings is 1. The molecular weight excluding hydrogens is 397 g/mol. The zero-order valence-corrected chi connectivity index (χ0v) is 16.6. The van der Waals surface area contributed by atoms with Gasteiger partial charge in [-0.1, -0.05) is 12.1 Å². The third kappa shape index (κ3) is 6.70. The SMILES string of the molecule is O=C(Nc1cccc(C(F)(F)F)c1)N(CCCN1CCOCC1)Cc1ccccn1. The molecule has 1 aliphatic heterocycles. The molecule has 6 nitrogen and oxygen atoms in total. The van der Waals surface area contributed by atoms with Crippen LogP contribution in [-0.4, -0.2) is 60.2 Å². The number of carbonyl (C=O) groups is 1. The number of morpholine rings is 1. The summed E-state index contributed by atoms with van der Waals surface area (Å²) in [5.41, 5.74) is 0.0148. The van der Waals surface area contributed by atoms with Gasteiger partial charge in [0.05, 0.1) is 31.0 Å². The highest BCUT2D eigenvalue weighted by Crippen LogP contribution is 2.30. The third-order valence-corrected chi connectivity index (χ3v) is 4.81. The number of urea groups is 1. The van der Waals surface area contributed by atoms with Gasteiger partial charge in [0.1, 0.15) is 0 Å². The van der Waals surface area contributed by atoms with Gasteiger partial charge in [0.15, 0.2) is 0 Å². The number of carbonyl (C=O) groups excluding carboxylic acids is 1. The number of aromatic nitrogens is 1. The number of nitrogens with one attached hydrogen (secondary N) is 1. The maximum absolute atomic E-state index is 12.9. The summed E-state index contributed by atoms with van der Waals surface area (Å²) in [6.07, 6.45) is -2.08. The largest absolute Gasteiger partial charge is 0.416 e. The molecule has 0 atom stereocenters. The molecule has 1 saturated heterocycles. The van der Waals surface area contributed by atoms with E-state index in [1.807, 2.05) is 12.1 Å². The minimum Gasteiger partial charge on any atom is -0.379 e. The van der Waals surface area contributed by atoms with Gasteiger partial charge in [-0.2, -0.15) is 13.2 Å². The maximum atomic E-state index is 12.9. The van der Waals surface area contributed by atoms with Gasteiger partial charge in [-0.05, 0) is 36.8 Å². The highest BCUT2D eigenvalue weighted by atomic mass is 19.4. The van der Waals surface area contributed by atoms with Crippen LogP contribution in [0.4, 0.5) is 23.7 Å². The van der Waals surface area contributed by atoms with Crippen LogP contribution in [0.2, 0.25) is 0 Å². The Bertz CT molecular complexity index is 811. The molecular formula is C21H25F3N4O2. The predicted molar refractivity (Wildman–Crippen MR) is 107 cm³/mol. The Morgan fingerprint density at radius 3 is 2.67 bits per heavy atom. The van der Waals surface area contributed by atoms with Crippen LogP contribution in [0.15, 0.2) is 48.7 Å². The Hall–Kier alpha value is -2.65. The predicted octanol–water partition coefficient (Wildman–Crippen LogP) is 3.86. The third-order valence-electron chi connectivity index (χ3n) is 4.81. The van der Waals surface area contributed by atoms with Crippen molar-refractivity contribution in [1.82, 2.24) is 14.8 Å². The van der Waals surface area contributed by atoms with Crippen molar-refractivity contribution < 1.29 is 22.7 Å². The van der Waals surface area contributed by atoms with Crippen LogP contribution < -0.4 is 5.32 Å². The van der Waals surface area contributed by atoms with Crippen LogP contribution >= 0.6 is 0 Å². The molecule has 0 aliphatic carbocycles. The smallest absolute Gasteiger partial charge is 0.379 e. The monoisotopic (exact) mass is 422 g/mol. The van der Waals surface area contributed by atoms with Crippen molar-refractivity contribution in [3.63, 3.8) is 0 Å². The molecule has 0 spiro atoms. The Balaban J connectivity index is 1.64. The number of rotatable bonds is 7. The van der Waals surface area contributed by atoms with Crippen molar-refractivity contribution in [2.24, 2.45) is 0 Å². The van der Waals surface area contributed by atoms with Crippen LogP contribution in [0.25, 0.3) is 0 Å². The summed E-state index contributed by atoms with van der Waals surface area (Å²) in [5.74, 6) is 0. The van der Waals surface area contributed by atoms with Crippen LogP contribution in [0.5, 0.6) is 0 Å². The number of anilines is 1. The number of alkyl halides is 3. The minimum absolute atomic E-state index is 0.106. The van der Waals surface area contributed by atoms with Gasteiger partial charge in [0, 0.05) is 38.1 Å². The number of hydrogen-bond donors (Lipinski definition) is 1. The molecule has 1 aliphatic rings. The van der Waals surface area contributed by atoms with E-state index in [0.29, 0.717) is 25.5 Å².